The van der Waals surface area contributed by atoms with Gasteiger partial charge in [-0.3, -0.25) is 9.36 Å². The molecule has 3 aromatic rings. The maximum Gasteiger partial charge on any atom is 0.264 e. The first kappa shape index (κ1) is 16.7. The van der Waals surface area contributed by atoms with Crippen molar-refractivity contribution in [2.24, 2.45) is 0 Å². The van der Waals surface area contributed by atoms with Crippen LogP contribution in [0.15, 0.2) is 52.3 Å². The van der Waals surface area contributed by atoms with Crippen LogP contribution in [0.2, 0.25) is 0 Å². The smallest absolute Gasteiger partial charge is 0.264 e. The molecule has 0 bridgehead atoms. The molecule has 0 amide bonds. The molecule has 0 fully saturated rings. The summed E-state index contributed by atoms with van der Waals surface area (Å²) in [6, 6.07) is 11.0. The van der Waals surface area contributed by atoms with Crippen LogP contribution in [-0.2, 0) is 0 Å². The van der Waals surface area contributed by atoms with Gasteiger partial charge in [0.2, 0.25) is 0 Å². The number of aromatic nitrogens is 1. The van der Waals surface area contributed by atoms with Crippen LogP contribution in [0.5, 0.6) is 0 Å². The molecule has 1 aromatic heterocycles. The molecule has 0 saturated carbocycles. The highest BCUT2D eigenvalue weighted by molar-refractivity contribution is 7.99. The summed E-state index contributed by atoms with van der Waals surface area (Å²) < 4.78 is 29.8. The van der Waals surface area contributed by atoms with Crippen LogP contribution in [0.4, 0.5) is 8.78 Å². The molecule has 0 aliphatic heterocycles. The molecule has 2 aromatic carbocycles. The lowest BCUT2D eigenvalue weighted by atomic mass is 10.1. The van der Waals surface area contributed by atoms with Gasteiger partial charge in [0, 0.05) is 5.25 Å². The fourth-order valence-electron chi connectivity index (χ4n) is 2.75. The molecular formula is C19H17F2NOS. The number of hydrogen-bond acceptors (Lipinski definition) is 2. The molecule has 0 N–H and O–H groups in total. The Balaban J connectivity index is 2.47. The van der Waals surface area contributed by atoms with E-state index in [4.69, 9.17) is 0 Å². The Kier molecular flexibility index (Phi) is 4.45. The zero-order chi connectivity index (χ0) is 17.4. The average Bonchev–Trinajstić information content (AvgIpc) is 2.49. The maximum absolute atomic E-state index is 14.3. The van der Waals surface area contributed by atoms with Crippen molar-refractivity contribution in [3.63, 3.8) is 0 Å². The zero-order valence-electron chi connectivity index (χ0n) is 13.6. The SMILES string of the molecule is Cc1cccc2cc(SC(C)C)n(-c3c(F)cccc3F)c(=O)c12. The van der Waals surface area contributed by atoms with Gasteiger partial charge in [-0.15, -0.1) is 11.8 Å². The predicted octanol–water partition coefficient (Wildman–Crippen LogP) is 5.08. The van der Waals surface area contributed by atoms with E-state index in [0.717, 1.165) is 27.6 Å². The summed E-state index contributed by atoms with van der Waals surface area (Å²) in [7, 11) is 0. The lowest BCUT2D eigenvalue weighted by Crippen LogP contribution is -2.23. The highest BCUT2D eigenvalue weighted by Crippen LogP contribution is 2.30. The number of benzene rings is 2. The number of para-hydroxylation sites is 1. The van der Waals surface area contributed by atoms with E-state index in [1.165, 1.54) is 17.8 Å². The van der Waals surface area contributed by atoms with E-state index in [0.29, 0.717) is 10.4 Å². The summed E-state index contributed by atoms with van der Waals surface area (Å²) in [6.07, 6.45) is 0. The lowest BCUT2D eigenvalue weighted by Gasteiger charge is -2.17. The van der Waals surface area contributed by atoms with Crippen LogP contribution in [0.1, 0.15) is 19.4 Å². The number of thioether (sulfide) groups is 1. The minimum absolute atomic E-state index is 0.160. The minimum atomic E-state index is -0.754. The Morgan fingerprint density at radius 2 is 1.67 bits per heavy atom. The van der Waals surface area contributed by atoms with Crippen LogP contribution in [-0.4, -0.2) is 9.82 Å². The van der Waals surface area contributed by atoms with Crippen molar-refractivity contribution in [1.82, 2.24) is 4.57 Å². The van der Waals surface area contributed by atoms with Crippen LogP contribution in [0, 0.1) is 18.6 Å². The largest absolute Gasteiger partial charge is 0.268 e. The monoisotopic (exact) mass is 345 g/mol. The van der Waals surface area contributed by atoms with Crippen molar-refractivity contribution in [3.05, 3.63) is 70.0 Å². The van der Waals surface area contributed by atoms with Gasteiger partial charge in [0.25, 0.3) is 5.56 Å². The van der Waals surface area contributed by atoms with E-state index in [-0.39, 0.29) is 10.9 Å². The summed E-state index contributed by atoms with van der Waals surface area (Å²) in [5, 5.41) is 1.94. The summed E-state index contributed by atoms with van der Waals surface area (Å²) >= 11 is 1.40. The fourth-order valence-corrected chi connectivity index (χ4v) is 3.71. The maximum atomic E-state index is 14.3. The molecule has 0 aliphatic rings. The van der Waals surface area contributed by atoms with Crippen molar-refractivity contribution in [2.45, 2.75) is 31.0 Å². The van der Waals surface area contributed by atoms with Gasteiger partial charge in [0.05, 0.1) is 10.4 Å². The van der Waals surface area contributed by atoms with Crippen molar-refractivity contribution in [1.29, 1.82) is 0 Å². The Morgan fingerprint density at radius 3 is 2.29 bits per heavy atom. The first-order chi connectivity index (χ1) is 11.4. The van der Waals surface area contributed by atoms with Gasteiger partial charge in [0.1, 0.15) is 17.3 Å². The van der Waals surface area contributed by atoms with Crippen LogP contribution in [0.25, 0.3) is 16.5 Å². The van der Waals surface area contributed by atoms with Crippen molar-refractivity contribution < 1.29 is 8.78 Å². The van der Waals surface area contributed by atoms with Gasteiger partial charge >= 0.3 is 0 Å². The molecule has 1 heterocycles. The Bertz CT molecular complexity index is 959. The molecule has 0 aliphatic carbocycles. The third-order valence-corrected chi connectivity index (χ3v) is 4.75. The number of nitrogens with zero attached hydrogens (tertiary/aromatic N) is 1. The fraction of sp³-hybridized carbons (Fsp3) is 0.211. The van der Waals surface area contributed by atoms with E-state index in [9.17, 15) is 13.6 Å². The molecular weight excluding hydrogens is 328 g/mol. The van der Waals surface area contributed by atoms with Gasteiger partial charge in [-0.05, 0) is 36.1 Å². The van der Waals surface area contributed by atoms with Gasteiger partial charge in [-0.2, -0.15) is 0 Å². The number of pyridine rings is 1. The average molecular weight is 345 g/mol. The molecule has 3 rings (SSSR count). The van der Waals surface area contributed by atoms with Gasteiger partial charge < -0.3 is 0 Å². The van der Waals surface area contributed by atoms with E-state index in [1.807, 2.05) is 45.0 Å². The van der Waals surface area contributed by atoms with Gasteiger partial charge in [0.15, 0.2) is 0 Å². The normalized spacial score (nSPS) is 11.4. The van der Waals surface area contributed by atoms with Crippen molar-refractivity contribution in [2.75, 3.05) is 0 Å². The number of aryl methyl sites for hydroxylation is 1. The molecule has 2 nitrogen and oxygen atoms in total. The third kappa shape index (κ3) is 2.84. The molecule has 0 saturated heterocycles. The molecule has 5 heteroatoms. The molecule has 0 radical (unpaired) electrons. The topological polar surface area (TPSA) is 22.0 Å². The quantitative estimate of drug-likeness (QED) is 0.618. The molecule has 0 unspecified atom stereocenters. The second-order valence-corrected chi connectivity index (χ2v) is 7.50. The number of fused-ring (bicyclic) bond motifs is 1. The van der Waals surface area contributed by atoms with E-state index >= 15 is 0 Å². The van der Waals surface area contributed by atoms with Crippen molar-refractivity contribution in [3.8, 4) is 5.69 Å². The minimum Gasteiger partial charge on any atom is -0.268 e. The van der Waals surface area contributed by atoms with E-state index in [1.54, 1.807) is 0 Å². The second-order valence-electron chi connectivity index (χ2n) is 5.90. The van der Waals surface area contributed by atoms with Gasteiger partial charge in [-0.1, -0.05) is 38.1 Å². The molecule has 124 valence electrons. The number of halogens is 2. The van der Waals surface area contributed by atoms with Crippen LogP contribution >= 0.6 is 11.8 Å². The summed E-state index contributed by atoms with van der Waals surface area (Å²) in [4.78, 5) is 13.1. The zero-order valence-corrected chi connectivity index (χ0v) is 14.5. The Hall–Kier alpha value is -2.14. The summed E-state index contributed by atoms with van der Waals surface area (Å²) in [5.41, 5.74) is 0.0534. The van der Waals surface area contributed by atoms with Crippen molar-refractivity contribution >= 4 is 22.5 Å². The van der Waals surface area contributed by atoms with Crippen LogP contribution < -0.4 is 5.56 Å². The van der Waals surface area contributed by atoms with E-state index in [2.05, 4.69) is 0 Å². The highest BCUT2D eigenvalue weighted by atomic mass is 32.2. The van der Waals surface area contributed by atoms with Crippen LogP contribution in [0.3, 0.4) is 0 Å². The highest BCUT2D eigenvalue weighted by Gasteiger charge is 2.19. The summed E-state index contributed by atoms with van der Waals surface area (Å²) in [6.45, 7) is 5.76. The Morgan fingerprint density at radius 1 is 1.04 bits per heavy atom. The molecule has 24 heavy (non-hydrogen) atoms. The lowest BCUT2D eigenvalue weighted by molar-refractivity contribution is 0.561. The molecule has 0 atom stereocenters. The first-order valence-corrected chi connectivity index (χ1v) is 8.54. The third-order valence-electron chi connectivity index (χ3n) is 3.74. The van der Waals surface area contributed by atoms with E-state index < -0.39 is 17.2 Å². The summed E-state index contributed by atoms with van der Waals surface area (Å²) in [5.74, 6) is -1.51. The predicted molar refractivity (Wildman–Crippen MR) is 95.2 cm³/mol. The number of hydrogen-bond donors (Lipinski definition) is 0. The molecule has 0 spiro atoms. The first-order valence-electron chi connectivity index (χ1n) is 7.66. The standard InChI is InChI=1S/C19H17F2NOS/c1-11(2)24-16-10-13-7-4-6-12(3)17(13)19(23)22(16)18-14(20)8-5-9-15(18)21/h4-11H,1-3H3. The van der Waals surface area contributed by atoms with Gasteiger partial charge in [-0.25, -0.2) is 8.78 Å². The Labute approximate surface area is 143 Å². The second kappa shape index (κ2) is 6.40. The number of rotatable bonds is 3.